The van der Waals surface area contributed by atoms with E-state index in [2.05, 4.69) is 9.97 Å². The first-order valence-corrected chi connectivity index (χ1v) is 9.26. The van der Waals surface area contributed by atoms with Crippen LogP contribution in [0.3, 0.4) is 0 Å². The van der Waals surface area contributed by atoms with Crippen LogP contribution in [0.5, 0.6) is 0 Å². The molecule has 1 aromatic rings. The van der Waals surface area contributed by atoms with E-state index in [4.69, 9.17) is 15.6 Å². The molecule has 2 aliphatic rings. The van der Waals surface area contributed by atoms with Crippen LogP contribution in [0.1, 0.15) is 19.8 Å². The van der Waals surface area contributed by atoms with Crippen LogP contribution >= 0.6 is 0 Å². The Morgan fingerprint density at radius 2 is 1.67 bits per heavy atom. The minimum atomic E-state index is -0.745. The van der Waals surface area contributed by atoms with E-state index in [-0.39, 0.29) is 12.0 Å². The lowest BCUT2D eigenvalue weighted by Gasteiger charge is -2.36. The number of nitrogens with zero attached hydrogens (tertiary/aromatic N) is 5. The van der Waals surface area contributed by atoms with E-state index in [1.165, 1.54) is 6.33 Å². The Morgan fingerprint density at radius 1 is 1.11 bits per heavy atom. The molecule has 0 aliphatic carbocycles. The molecule has 3 N–H and O–H groups in total. The second-order valence-electron chi connectivity index (χ2n) is 6.71. The molecule has 2 saturated heterocycles. The summed E-state index contributed by atoms with van der Waals surface area (Å²) in [6.07, 6.45) is 2.34. The predicted octanol–water partition coefficient (Wildman–Crippen LogP) is 0.638. The van der Waals surface area contributed by atoms with Gasteiger partial charge in [-0.1, -0.05) is 0 Å². The highest BCUT2D eigenvalue weighted by Gasteiger charge is 2.29. The predicted molar refractivity (Wildman–Crippen MR) is 99.8 cm³/mol. The van der Waals surface area contributed by atoms with Gasteiger partial charge in [0, 0.05) is 39.3 Å². The molecule has 3 rings (SSSR count). The van der Waals surface area contributed by atoms with Gasteiger partial charge in [-0.05, 0) is 19.8 Å². The number of amides is 1. The van der Waals surface area contributed by atoms with Crippen molar-refractivity contribution in [3.05, 3.63) is 6.33 Å². The first-order chi connectivity index (χ1) is 13.0. The lowest BCUT2D eigenvalue weighted by atomic mass is 9.97. The summed E-state index contributed by atoms with van der Waals surface area (Å²) in [4.78, 5) is 37.4. The number of nitrogens with two attached hydrogens (primary N) is 1. The van der Waals surface area contributed by atoms with Gasteiger partial charge in [-0.25, -0.2) is 14.8 Å². The van der Waals surface area contributed by atoms with Crippen LogP contribution in [0.15, 0.2) is 6.33 Å². The standard InChI is InChI=1S/C17H26N6O4/c1-2-27-17(26)23-9-7-22(8-10-23)15-13(18)14(19-11-20-15)21-5-3-12(4-6-21)16(24)25/h11-12H,2-10,18H2,1H3,(H,24,25). The minimum absolute atomic E-state index is 0.296. The van der Waals surface area contributed by atoms with Crippen LogP contribution in [0.4, 0.5) is 22.1 Å². The average molecular weight is 378 g/mol. The molecule has 1 aromatic heterocycles. The fourth-order valence-corrected chi connectivity index (χ4v) is 3.54. The molecule has 2 aliphatic heterocycles. The third kappa shape index (κ3) is 4.15. The molecular formula is C17H26N6O4. The maximum absolute atomic E-state index is 11.8. The lowest BCUT2D eigenvalue weighted by Crippen LogP contribution is -2.49. The van der Waals surface area contributed by atoms with Crippen molar-refractivity contribution in [2.75, 3.05) is 61.4 Å². The first kappa shape index (κ1) is 19.0. The smallest absolute Gasteiger partial charge is 0.409 e. The molecule has 0 saturated carbocycles. The Bertz CT molecular complexity index is 684. The van der Waals surface area contributed by atoms with E-state index in [0.717, 1.165) is 0 Å². The summed E-state index contributed by atoms with van der Waals surface area (Å²) < 4.78 is 5.04. The highest BCUT2D eigenvalue weighted by molar-refractivity contribution is 5.77. The fourth-order valence-electron chi connectivity index (χ4n) is 3.54. The van der Waals surface area contributed by atoms with Gasteiger partial charge in [0.15, 0.2) is 11.6 Å². The molecule has 3 heterocycles. The van der Waals surface area contributed by atoms with Crippen molar-refractivity contribution in [1.82, 2.24) is 14.9 Å². The third-order valence-corrected chi connectivity index (χ3v) is 5.09. The second kappa shape index (κ2) is 8.28. The van der Waals surface area contributed by atoms with Crippen molar-refractivity contribution in [2.24, 2.45) is 5.92 Å². The Labute approximate surface area is 157 Å². The molecule has 1 amide bonds. The van der Waals surface area contributed by atoms with Crippen LogP contribution in [-0.2, 0) is 9.53 Å². The van der Waals surface area contributed by atoms with E-state index >= 15 is 0 Å². The van der Waals surface area contributed by atoms with Crippen LogP contribution < -0.4 is 15.5 Å². The zero-order chi connectivity index (χ0) is 19.4. The van der Waals surface area contributed by atoms with Gasteiger partial charge in [0.05, 0.1) is 12.5 Å². The maximum atomic E-state index is 11.8. The van der Waals surface area contributed by atoms with Crippen molar-refractivity contribution in [1.29, 1.82) is 0 Å². The zero-order valence-corrected chi connectivity index (χ0v) is 15.5. The zero-order valence-electron chi connectivity index (χ0n) is 15.5. The molecule has 10 heteroatoms. The number of ether oxygens (including phenoxy) is 1. The summed E-state index contributed by atoms with van der Waals surface area (Å²) in [5.74, 6) is 0.255. The van der Waals surface area contributed by atoms with E-state index < -0.39 is 5.97 Å². The molecule has 0 atom stereocenters. The van der Waals surface area contributed by atoms with Gasteiger partial charge in [0.2, 0.25) is 0 Å². The van der Waals surface area contributed by atoms with Gasteiger partial charge in [0.25, 0.3) is 0 Å². The number of carbonyl (C=O) groups is 2. The average Bonchev–Trinajstić information content (AvgIpc) is 2.68. The topological polar surface area (TPSA) is 125 Å². The lowest BCUT2D eigenvalue weighted by molar-refractivity contribution is -0.142. The number of carboxylic acids is 1. The van der Waals surface area contributed by atoms with Crippen LogP contribution in [0, 0.1) is 5.92 Å². The molecule has 148 valence electrons. The number of carbonyl (C=O) groups excluding carboxylic acids is 1. The van der Waals surface area contributed by atoms with Crippen molar-refractivity contribution in [3.8, 4) is 0 Å². The number of aliphatic carboxylic acids is 1. The summed E-state index contributed by atoms with van der Waals surface area (Å²) in [5, 5.41) is 9.15. The number of anilines is 3. The number of piperazine rings is 1. The fraction of sp³-hybridized carbons (Fsp3) is 0.647. The van der Waals surface area contributed by atoms with Crippen molar-refractivity contribution in [2.45, 2.75) is 19.8 Å². The Hall–Kier alpha value is -2.78. The largest absolute Gasteiger partial charge is 0.481 e. The van der Waals surface area contributed by atoms with Crippen molar-refractivity contribution >= 4 is 29.4 Å². The first-order valence-electron chi connectivity index (χ1n) is 9.26. The summed E-state index contributed by atoms with van der Waals surface area (Å²) >= 11 is 0. The Balaban J connectivity index is 1.66. The van der Waals surface area contributed by atoms with Gasteiger partial charge in [-0.15, -0.1) is 0 Å². The Morgan fingerprint density at radius 3 is 2.19 bits per heavy atom. The highest BCUT2D eigenvalue weighted by Crippen LogP contribution is 2.32. The van der Waals surface area contributed by atoms with Gasteiger partial charge in [-0.3, -0.25) is 4.79 Å². The number of nitrogen functional groups attached to an aromatic ring is 1. The molecule has 0 aromatic carbocycles. The highest BCUT2D eigenvalue weighted by atomic mass is 16.6. The maximum Gasteiger partial charge on any atom is 0.409 e. The number of hydrogen-bond acceptors (Lipinski definition) is 8. The molecule has 2 fully saturated rings. The third-order valence-electron chi connectivity index (χ3n) is 5.09. The molecular weight excluding hydrogens is 352 g/mol. The molecule has 27 heavy (non-hydrogen) atoms. The molecule has 0 radical (unpaired) electrons. The SMILES string of the molecule is CCOC(=O)N1CCN(c2ncnc(N3CCC(C(=O)O)CC3)c2N)CC1. The van der Waals surface area contributed by atoms with Gasteiger partial charge in [0.1, 0.15) is 12.0 Å². The molecule has 0 unspecified atom stereocenters. The second-order valence-corrected chi connectivity index (χ2v) is 6.71. The van der Waals surface area contributed by atoms with E-state index in [0.29, 0.717) is 76.0 Å². The summed E-state index contributed by atoms with van der Waals surface area (Å²) in [6.45, 7) is 5.67. The quantitative estimate of drug-likeness (QED) is 0.776. The normalized spacial score (nSPS) is 18.5. The minimum Gasteiger partial charge on any atom is -0.481 e. The molecule has 10 nitrogen and oxygen atoms in total. The number of carboxylic acid groups (broad SMARTS) is 1. The molecule has 0 bridgehead atoms. The van der Waals surface area contributed by atoms with E-state index in [1.807, 2.05) is 9.80 Å². The summed E-state index contributed by atoms with van der Waals surface area (Å²) in [7, 11) is 0. The summed E-state index contributed by atoms with van der Waals surface area (Å²) in [6, 6.07) is 0. The van der Waals surface area contributed by atoms with Crippen molar-refractivity contribution < 1.29 is 19.4 Å². The van der Waals surface area contributed by atoms with Crippen molar-refractivity contribution in [3.63, 3.8) is 0 Å². The Kier molecular flexibility index (Phi) is 5.82. The number of aromatic nitrogens is 2. The van der Waals surface area contributed by atoms with Crippen LogP contribution in [0.25, 0.3) is 0 Å². The number of rotatable bonds is 4. The summed E-state index contributed by atoms with van der Waals surface area (Å²) in [5.41, 5.74) is 6.85. The molecule has 0 spiro atoms. The van der Waals surface area contributed by atoms with Crippen LogP contribution in [-0.4, -0.2) is 77.9 Å². The van der Waals surface area contributed by atoms with Crippen LogP contribution in [0.2, 0.25) is 0 Å². The van der Waals surface area contributed by atoms with Gasteiger partial charge >= 0.3 is 12.1 Å². The van der Waals surface area contributed by atoms with Gasteiger partial charge < -0.3 is 30.3 Å². The monoisotopic (exact) mass is 378 g/mol. The number of hydrogen-bond donors (Lipinski definition) is 2. The number of piperidine rings is 1. The van der Waals surface area contributed by atoms with Gasteiger partial charge in [-0.2, -0.15) is 0 Å². The van der Waals surface area contributed by atoms with E-state index in [1.54, 1.807) is 11.8 Å². The van der Waals surface area contributed by atoms with E-state index in [9.17, 15) is 9.59 Å².